The zero-order valence-corrected chi connectivity index (χ0v) is 11.4. The van der Waals surface area contributed by atoms with Crippen molar-refractivity contribution in [2.24, 2.45) is 0 Å². The number of aliphatic hydroxyl groups is 1. The molecule has 3 heterocycles. The molecule has 4 heteroatoms. The van der Waals surface area contributed by atoms with Gasteiger partial charge in [-0.3, -0.25) is 4.98 Å². The van der Waals surface area contributed by atoms with Crippen molar-refractivity contribution in [3.8, 4) is 0 Å². The Morgan fingerprint density at radius 2 is 2.26 bits per heavy atom. The molecule has 100 valence electrons. The Labute approximate surface area is 113 Å². The Morgan fingerprint density at radius 3 is 2.89 bits per heavy atom. The number of fused-ring (bicyclic) bond motifs is 1. The summed E-state index contributed by atoms with van der Waals surface area (Å²) in [6, 6.07) is 2.57. The van der Waals surface area contributed by atoms with E-state index >= 15 is 0 Å². The molecule has 1 saturated heterocycles. The van der Waals surface area contributed by atoms with Crippen molar-refractivity contribution in [3.63, 3.8) is 0 Å². The van der Waals surface area contributed by atoms with Crippen LogP contribution in [0.2, 0.25) is 0 Å². The molecule has 4 nitrogen and oxygen atoms in total. The predicted octanol–water partition coefficient (Wildman–Crippen LogP) is 2.32. The molecule has 0 amide bonds. The molecule has 0 unspecified atom stereocenters. The van der Waals surface area contributed by atoms with Crippen LogP contribution in [0, 0.1) is 0 Å². The van der Waals surface area contributed by atoms with E-state index < -0.39 is 0 Å². The van der Waals surface area contributed by atoms with E-state index in [2.05, 4.69) is 21.8 Å². The second-order valence-electron chi connectivity index (χ2n) is 5.37. The maximum absolute atomic E-state index is 9.37. The van der Waals surface area contributed by atoms with Gasteiger partial charge in [-0.15, -0.1) is 0 Å². The first-order valence-corrected chi connectivity index (χ1v) is 6.82. The summed E-state index contributed by atoms with van der Waals surface area (Å²) in [4.78, 5) is 11.2. The highest BCUT2D eigenvalue weighted by molar-refractivity contribution is 5.94. The van der Waals surface area contributed by atoms with Gasteiger partial charge in [0.05, 0.1) is 0 Å². The molecule has 1 aliphatic heterocycles. The first-order chi connectivity index (χ1) is 9.22. The molecule has 1 fully saturated rings. The van der Waals surface area contributed by atoms with Crippen molar-refractivity contribution in [1.82, 2.24) is 9.97 Å². The largest absolute Gasteiger partial charge is 0.396 e. The van der Waals surface area contributed by atoms with Gasteiger partial charge in [0.25, 0.3) is 0 Å². The van der Waals surface area contributed by atoms with E-state index in [1.165, 1.54) is 6.42 Å². The molecule has 0 bridgehead atoms. The van der Waals surface area contributed by atoms with Crippen LogP contribution >= 0.6 is 0 Å². The molecule has 0 aliphatic carbocycles. The third-order valence-electron chi connectivity index (χ3n) is 4.10. The van der Waals surface area contributed by atoms with Crippen LogP contribution in [0.1, 0.15) is 31.7 Å². The minimum atomic E-state index is 0.0975. The quantitative estimate of drug-likeness (QED) is 0.916. The average Bonchev–Trinajstić information content (AvgIpc) is 2.45. The number of rotatable bonds is 3. The molecule has 0 spiro atoms. The van der Waals surface area contributed by atoms with Crippen molar-refractivity contribution in [2.75, 3.05) is 18.1 Å². The molecular formula is C15H19N3O. The SMILES string of the molecule is C[C@@H]1CCN1c1ncc([C@@H](C)CO)c2ccncc12. The summed E-state index contributed by atoms with van der Waals surface area (Å²) in [5, 5.41) is 11.6. The van der Waals surface area contributed by atoms with Crippen molar-refractivity contribution in [3.05, 3.63) is 30.2 Å². The molecule has 2 aromatic heterocycles. The smallest absolute Gasteiger partial charge is 0.138 e. The topological polar surface area (TPSA) is 49.2 Å². The standard InChI is InChI=1S/C15H19N3O/c1-10(9-19)13-8-17-15(18-6-4-11(18)2)14-7-16-5-3-12(13)14/h3,5,7-8,10-11,19H,4,6,9H2,1-2H3/t10-,11+/m0/s1. The number of nitrogens with zero attached hydrogens (tertiary/aromatic N) is 3. The van der Waals surface area contributed by atoms with E-state index in [0.29, 0.717) is 6.04 Å². The number of pyridine rings is 2. The van der Waals surface area contributed by atoms with Crippen LogP contribution in [0.15, 0.2) is 24.7 Å². The van der Waals surface area contributed by atoms with Gasteiger partial charge in [0, 0.05) is 49.1 Å². The van der Waals surface area contributed by atoms with Gasteiger partial charge in [-0.2, -0.15) is 0 Å². The van der Waals surface area contributed by atoms with E-state index in [4.69, 9.17) is 0 Å². The van der Waals surface area contributed by atoms with Gasteiger partial charge in [-0.05, 0) is 30.4 Å². The molecular weight excluding hydrogens is 238 g/mol. The lowest BCUT2D eigenvalue weighted by molar-refractivity contribution is 0.273. The van der Waals surface area contributed by atoms with Gasteiger partial charge in [0.15, 0.2) is 0 Å². The average molecular weight is 257 g/mol. The molecule has 0 saturated carbocycles. The number of aliphatic hydroxyl groups excluding tert-OH is 1. The third-order valence-corrected chi connectivity index (χ3v) is 4.10. The van der Waals surface area contributed by atoms with Crippen LogP contribution in [-0.2, 0) is 0 Å². The molecule has 3 rings (SSSR count). The summed E-state index contributed by atoms with van der Waals surface area (Å²) < 4.78 is 0. The second-order valence-corrected chi connectivity index (χ2v) is 5.37. The number of hydrogen-bond acceptors (Lipinski definition) is 4. The highest BCUT2D eigenvalue weighted by Crippen LogP contribution is 2.34. The minimum absolute atomic E-state index is 0.0975. The van der Waals surface area contributed by atoms with E-state index in [1.807, 2.05) is 25.4 Å². The Bertz CT molecular complexity index is 599. The van der Waals surface area contributed by atoms with Crippen LogP contribution in [0.3, 0.4) is 0 Å². The van der Waals surface area contributed by atoms with Gasteiger partial charge in [-0.25, -0.2) is 4.98 Å². The fraction of sp³-hybridized carbons (Fsp3) is 0.467. The zero-order chi connectivity index (χ0) is 13.4. The van der Waals surface area contributed by atoms with Crippen molar-refractivity contribution in [1.29, 1.82) is 0 Å². The lowest BCUT2D eigenvalue weighted by Gasteiger charge is -2.40. The van der Waals surface area contributed by atoms with Crippen molar-refractivity contribution in [2.45, 2.75) is 32.2 Å². The highest BCUT2D eigenvalue weighted by atomic mass is 16.3. The number of anilines is 1. The van der Waals surface area contributed by atoms with Crippen LogP contribution in [0.4, 0.5) is 5.82 Å². The first-order valence-electron chi connectivity index (χ1n) is 6.82. The fourth-order valence-electron chi connectivity index (χ4n) is 2.65. The normalized spacial score (nSPS) is 20.4. The van der Waals surface area contributed by atoms with E-state index in [0.717, 1.165) is 28.7 Å². The summed E-state index contributed by atoms with van der Waals surface area (Å²) in [6.07, 6.45) is 6.82. The Morgan fingerprint density at radius 1 is 1.42 bits per heavy atom. The Kier molecular flexibility index (Phi) is 3.11. The molecule has 2 aromatic rings. The van der Waals surface area contributed by atoms with Gasteiger partial charge in [-0.1, -0.05) is 6.92 Å². The number of hydrogen-bond donors (Lipinski definition) is 1. The predicted molar refractivity (Wildman–Crippen MR) is 76.5 cm³/mol. The zero-order valence-electron chi connectivity index (χ0n) is 11.4. The summed E-state index contributed by atoms with van der Waals surface area (Å²) in [5.74, 6) is 1.12. The van der Waals surface area contributed by atoms with Crippen LogP contribution < -0.4 is 4.90 Å². The van der Waals surface area contributed by atoms with E-state index in [9.17, 15) is 5.11 Å². The van der Waals surface area contributed by atoms with Gasteiger partial charge in [0.2, 0.25) is 0 Å². The van der Waals surface area contributed by atoms with Crippen molar-refractivity contribution < 1.29 is 5.11 Å². The minimum Gasteiger partial charge on any atom is -0.396 e. The monoisotopic (exact) mass is 257 g/mol. The van der Waals surface area contributed by atoms with Crippen molar-refractivity contribution >= 4 is 16.6 Å². The molecule has 1 N–H and O–H groups in total. The van der Waals surface area contributed by atoms with Crippen LogP contribution in [0.5, 0.6) is 0 Å². The van der Waals surface area contributed by atoms with Crippen LogP contribution in [-0.4, -0.2) is 34.3 Å². The van der Waals surface area contributed by atoms with Crippen LogP contribution in [0.25, 0.3) is 10.8 Å². The summed E-state index contributed by atoms with van der Waals surface area (Å²) >= 11 is 0. The summed E-state index contributed by atoms with van der Waals surface area (Å²) in [5.41, 5.74) is 1.09. The molecule has 0 radical (unpaired) electrons. The van der Waals surface area contributed by atoms with Gasteiger partial charge < -0.3 is 10.0 Å². The maximum atomic E-state index is 9.37. The highest BCUT2D eigenvalue weighted by Gasteiger charge is 2.27. The lowest BCUT2D eigenvalue weighted by Crippen LogP contribution is -2.46. The molecule has 0 aromatic carbocycles. The summed E-state index contributed by atoms with van der Waals surface area (Å²) in [7, 11) is 0. The van der Waals surface area contributed by atoms with E-state index in [1.54, 1.807) is 6.20 Å². The molecule has 2 atom stereocenters. The molecule has 1 aliphatic rings. The van der Waals surface area contributed by atoms with Gasteiger partial charge >= 0.3 is 0 Å². The Balaban J connectivity index is 2.16. The first kappa shape index (κ1) is 12.4. The Hall–Kier alpha value is -1.68. The maximum Gasteiger partial charge on any atom is 0.138 e. The number of aromatic nitrogens is 2. The third kappa shape index (κ3) is 1.96. The van der Waals surface area contributed by atoms with Gasteiger partial charge in [0.1, 0.15) is 5.82 Å². The second kappa shape index (κ2) is 4.78. The fourth-order valence-corrected chi connectivity index (χ4v) is 2.65. The van der Waals surface area contributed by atoms with E-state index in [-0.39, 0.29) is 12.5 Å². The molecule has 19 heavy (non-hydrogen) atoms. The summed E-state index contributed by atoms with van der Waals surface area (Å²) in [6.45, 7) is 5.44. The lowest BCUT2D eigenvalue weighted by atomic mass is 9.97.